The molecule has 0 aliphatic rings. The predicted octanol–water partition coefficient (Wildman–Crippen LogP) is 1.91. The molecule has 0 heterocycles. The number of aromatic hydroxyl groups is 1. The topological polar surface area (TPSA) is 78.4 Å². The van der Waals surface area contributed by atoms with Gasteiger partial charge in [0, 0.05) is 6.54 Å². The minimum Gasteiger partial charge on any atom is -0.505 e. The molecular weight excluding hydrogens is 252 g/mol. The van der Waals surface area contributed by atoms with Crippen molar-refractivity contribution in [1.82, 2.24) is 4.72 Å². The summed E-state index contributed by atoms with van der Waals surface area (Å²) in [6.45, 7) is 7.74. The lowest BCUT2D eigenvalue weighted by Gasteiger charge is -2.13. The second-order valence-electron chi connectivity index (χ2n) is 4.83. The summed E-state index contributed by atoms with van der Waals surface area (Å²) in [4.78, 5) is 0. The predicted molar refractivity (Wildman–Crippen MR) is 73.0 cm³/mol. The van der Waals surface area contributed by atoms with E-state index in [2.05, 4.69) is 9.44 Å². The smallest absolute Gasteiger partial charge is 0.299 e. The Balaban J connectivity index is 2.91. The highest BCUT2D eigenvalue weighted by Crippen LogP contribution is 2.29. The van der Waals surface area contributed by atoms with Gasteiger partial charge in [-0.2, -0.15) is 13.1 Å². The van der Waals surface area contributed by atoms with Gasteiger partial charge in [-0.05, 0) is 37.0 Å². The van der Waals surface area contributed by atoms with Gasteiger partial charge in [-0.1, -0.05) is 19.9 Å². The molecule has 0 bridgehead atoms. The Morgan fingerprint density at radius 1 is 1.28 bits per heavy atom. The Hall–Kier alpha value is -1.27. The van der Waals surface area contributed by atoms with Gasteiger partial charge in [0.15, 0.2) is 0 Å². The van der Waals surface area contributed by atoms with E-state index in [4.69, 9.17) is 0 Å². The van der Waals surface area contributed by atoms with Crippen LogP contribution in [-0.2, 0) is 10.2 Å². The highest BCUT2D eigenvalue weighted by atomic mass is 32.2. The van der Waals surface area contributed by atoms with Crippen molar-refractivity contribution >= 4 is 15.9 Å². The second kappa shape index (κ2) is 5.58. The normalized spacial score (nSPS) is 11.8. The maximum absolute atomic E-state index is 11.7. The van der Waals surface area contributed by atoms with Gasteiger partial charge >= 0.3 is 0 Å². The quantitative estimate of drug-likeness (QED) is 0.716. The number of aryl methyl sites for hydroxylation is 2. The van der Waals surface area contributed by atoms with Crippen molar-refractivity contribution in [1.29, 1.82) is 0 Å². The largest absolute Gasteiger partial charge is 0.505 e. The van der Waals surface area contributed by atoms with E-state index >= 15 is 0 Å². The van der Waals surface area contributed by atoms with Gasteiger partial charge in [-0.25, -0.2) is 0 Å². The van der Waals surface area contributed by atoms with Crippen molar-refractivity contribution in [2.45, 2.75) is 27.7 Å². The molecule has 0 saturated carbocycles. The van der Waals surface area contributed by atoms with Gasteiger partial charge in [0.05, 0.1) is 5.69 Å². The van der Waals surface area contributed by atoms with E-state index < -0.39 is 10.2 Å². The summed E-state index contributed by atoms with van der Waals surface area (Å²) in [5, 5.41) is 9.81. The summed E-state index contributed by atoms with van der Waals surface area (Å²) in [5.41, 5.74) is 1.71. The summed E-state index contributed by atoms with van der Waals surface area (Å²) in [5.74, 6) is 0.171. The molecule has 0 saturated heterocycles. The lowest BCUT2D eigenvalue weighted by molar-refractivity contribution is 0.473. The molecule has 0 fully saturated rings. The molecule has 0 aliphatic carbocycles. The maximum atomic E-state index is 11.7. The Labute approximate surface area is 108 Å². The molecule has 1 rings (SSSR count). The Bertz CT molecular complexity index is 524. The van der Waals surface area contributed by atoms with E-state index in [1.54, 1.807) is 19.1 Å². The Kier molecular flexibility index (Phi) is 4.59. The Morgan fingerprint density at radius 3 is 2.44 bits per heavy atom. The van der Waals surface area contributed by atoms with E-state index in [0.29, 0.717) is 12.1 Å². The molecule has 0 radical (unpaired) electrons. The van der Waals surface area contributed by atoms with E-state index in [1.165, 1.54) is 0 Å². The molecule has 5 nitrogen and oxygen atoms in total. The number of nitrogens with one attached hydrogen (secondary N) is 2. The first-order chi connectivity index (χ1) is 8.21. The molecule has 3 N–H and O–H groups in total. The van der Waals surface area contributed by atoms with Crippen LogP contribution in [0.2, 0.25) is 0 Å². The number of phenols is 1. The van der Waals surface area contributed by atoms with Gasteiger partial charge in [-0.15, -0.1) is 0 Å². The zero-order chi connectivity index (χ0) is 13.9. The van der Waals surface area contributed by atoms with Gasteiger partial charge in [-0.3, -0.25) is 4.72 Å². The van der Waals surface area contributed by atoms with E-state index in [1.807, 2.05) is 20.8 Å². The first-order valence-electron chi connectivity index (χ1n) is 5.79. The molecule has 0 spiro atoms. The van der Waals surface area contributed by atoms with Crippen molar-refractivity contribution in [3.05, 3.63) is 23.3 Å². The number of benzene rings is 1. The van der Waals surface area contributed by atoms with Crippen LogP contribution in [0.1, 0.15) is 25.0 Å². The maximum Gasteiger partial charge on any atom is 0.299 e. The SMILES string of the molecule is Cc1cc(C)c(O)c(NS(=O)(=O)NCC(C)C)c1. The van der Waals surface area contributed by atoms with E-state index in [-0.39, 0.29) is 17.4 Å². The zero-order valence-electron chi connectivity index (χ0n) is 11.1. The molecular formula is C12H20N2O3S. The highest BCUT2D eigenvalue weighted by molar-refractivity contribution is 7.90. The van der Waals surface area contributed by atoms with Gasteiger partial charge in [0.1, 0.15) is 5.75 Å². The van der Waals surface area contributed by atoms with Gasteiger partial charge < -0.3 is 5.11 Å². The molecule has 0 unspecified atom stereocenters. The summed E-state index contributed by atoms with van der Waals surface area (Å²) < 4.78 is 28.2. The number of hydrogen-bond donors (Lipinski definition) is 3. The van der Waals surface area contributed by atoms with Crippen LogP contribution in [0.4, 0.5) is 5.69 Å². The number of anilines is 1. The third kappa shape index (κ3) is 4.19. The molecule has 0 aromatic heterocycles. The summed E-state index contributed by atoms with van der Waals surface area (Å²) in [6.07, 6.45) is 0. The monoisotopic (exact) mass is 272 g/mol. The van der Waals surface area contributed by atoms with Crippen molar-refractivity contribution in [3.63, 3.8) is 0 Å². The summed E-state index contributed by atoms with van der Waals surface area (Å²) >= 11 is 0. The van der Waals surface area contributed by atoms with Crippen LogP contribution in [0.25, 0.3) is 0 Å². The fraction of sp³-hybridized carbons (Fsp3) is 0.500. The molecule has 6 heteroatoms. The second-order valence-corrected chi connectivity index (χ2v) is 6.33. The number of rotatable bonds is 5. The minimum absolute atomic E-state index is 0.0458. The van der Waals surface area contributed by atoms with Crippen LogP contribution in [0, 0.1) is 19.8 Å². The van der Waals surface area contributed by atoms with Crippen molar-refractivity contribution in [2.24, 2.45) is 5.92 Å². The standard InChI is InChI=1S/C12H20N2O3S/c1-8(2)7-13-18(16,17)14-11-6-9(3)5-10(4)12(11)15/h5-6,8,13-15H,7H2,1-4H3. The fourth-order valence-corrected chi connectivity index (χ4v) is 2.57. The highest BCUT2D eigenvalue weighted by Gasteiger charge is 2.14. The molecule has 1 aromatic rings. The van der Waals surface area contributed by atoms with E-state index in [9.17, 15) is 13.5 Å². The minimum atomic E-state index is -3.65. The molecule has 0 amide bonds. The zero-order valence-corrected chi connectivity index (χ0v) is 11.9. The number of hydrogen-bond acceptors (Lipinski definition) is 3. The van der Waals surface area contributed by atoms with Crippen LogP contribution < -0.4 is 9.44 Å². The van der Waals surface area contributed by atoms with Crippen LogP contribution in [0.15, 0.2) is 12.1 Å². The summed E-state index contributed by atoms with van der Waals surface area (Å²) in [7, 11) is -3.65. The van der Waals surface area contributed by atoms with Crippen molar-refractivity contribution in [3.8, 4) is 5.75 Å². The van der Waals surface area contributed by atoms with Gasteiger partial charge in [0.2, 0.25) is 0 Å². The van der Waals surface area contributed by atoms with E-state index in [0.717, 1.165) is 5.56 Å². The molecule has 18 heavy (non-hydrogen) atoms. The first kappa shape index (κ1) is 14.8. The third-order valence-corrected chi connectivity index (χ3v) is 3.41. The van der Waals surface area contributed by atoms with Gasteiger partial charge in [0.25, 0.3) is 10.2 Å². The van der Waals surface area contributed by atoms with Crippen LogP contribution in [0.3, 0.4) is 0 Å². The first-order valence-corrected chi connectivity index (χ1v) is 7.27. The lowest BCUT2D eigenvalue weighted by atomic mass is 10.1. The molecule has 1 aromatic carbocycles. The number of phenolic OH excluding ortho intramolecular Hbond substituents is 1. The third-order valence-electron chi connectivity index (χ3n) is 2.37. The van der Waals surface area contributed by atoms with Crippen molar-refractivity contribution in [2.75, 3.05) is 11.3 Å². The average molecular weight is 272 g/mol. The van der Waals surface area contributed by atoms with Crippen LogP contribution in [-0.4, -0.2) is 20.1 Å². The average Bonchev–Trinajstić information content (AvgIpc) is 2.22. The summed E-state index contributed by atoms with van der Waals surface area (Å²) in [6, 6.07) is 3.38. The van der Waals surface area contributed by atoms with Crippen molar-refractivity contribution < 1.29 is 13.5 Å². The molecule has 102 valence electrons. The Morgan fingerprint density at radius 2 is 1.89 bits per heavy atom. The lowest BCUT2D eigenvalue weighted by Crippen LogP contribution is -2.32. The molecule has 0 aliphatic heterocycles. The van der Waals surface area contributed by atoms with Crippen LogP contribution in [0.5, 0.6) is 5.75 Å². The fourth-order valence-electron chi connectivity index (χ4n) is 1.49. The molecule has 0 atom stereocenters. The van der Waals surface area contributed by atoms with Crippen LogP contribution >= 0.6 is 0 Å².